The number of hydrogen-bond acceptors (Lipinski definition) is 3. The highest BCUT2D eigenvalue weighted by Gasteiger charge is 2.30. The summed E-state index contributed by atoms with van der Waals surface area (Å²) in [5.41, 5.74) is -0.0914. The first-order valence-corrected chi connectivity index (χ1v) is 8.02. The Morgan fingerprint density at radius 2 is 1.93 bits per heavy atom. The minimum Gasteiger partial charge on any atom is -0.497 e. The van der Waals surface area contributed by atoms with Crippen molar-refractivity contribution in [3.63, 3.8) is 0 Å². The molecule has 0 atom stereocenters. The fourth-order valence-electron chi connectivity index (χ4n) is 2.35. The maximum absolute atomic E-state index is 12.8. The van der Waals surface area contributed by atoms with Crippen LogP contribution in [-0.2, 0) is 6.18 Å². The van der Waals surface area contributed by atoms with Gasteiger partial charge in [-0.3, -0.25) is 9.78 Å². The molecule has 0 spiro atoms. The molecule has 0 radical (unpaired) electrons. The predicted octanol–water partition coefficient (Wildman–Crippen LogP) is 5.15. The summed E-state index contributed by atoms with van der Waals surface area (Å²) in [5, 5.41) is 0.743. The van der Waals surface area contributed by atoms with E-state index in [4.69, 9.17) is 16.3 Å². The number of hydrogen-bond donors (Lipinski definition) is 0. The molecule has 0 amide bonds. The molecule has 2 aromatic carbocycles. The van der Waals surface area contributed by atoms with Crippen LogP contribution in [0.2, 0.25) is 5.02 Å². The van der Waals surface area contributed by atoms with E-state index in [0.717, 1.165) is 18.2 Å². The van der Waals surface area contributed by atoms with E-state index in [1.165, 1.54) is 13.3 Å². The Balaban J connectivity index is 1.92. The zero-order valence-corrected chi connectivity index (χ0v) is 14.7. The molecule has 0 saturated heterocycles. The number of pyridine rings is 1. The summed E-state index contributed by atoms with van der Waals surface area (Å²) in [7, 11) is 1.54. The molecule has 27 heavy (non-hydrogen) atoms. The molecule has 0 saturated carbocycles. The number of nitrogens with zero attached hydrogens (tertiary/aromatic N) is 1. The number of benzene rings is 2. The number of fused-ring (bicyclic) bond motifs is 1. The third-order valence-electron chi connectivity index (χ3n) is 3.76. The second-order valence-corrected chi connectivity index (χ2v) is 5.96. The molecule has 7 heteroatoms. The highest BCUT2D eigenvalue weighted by atomic mass is 35.5. The summed E-state index contributed by atoms with van der Waals surface area (Å²) in [5.74, 6) is 4.78. The largest absolute Gasteiger partial charge is 0.497 e. The Hall–Kier alpha value is -3.04. The van der Waals surface area contributed by atoms with Crippen LogP contribution in [0, 0.1) is 11.8 Å². The number of carbonyl (C=O) groups is 1. The number of aromatic nitrogens is 1. The number of rotatable bonds is 2. The van der Waals surface area contributed by atoms with E-state index in [-0.39, 0.29) is 16.1 Å². The summed E-state index contributed by atoms with van der Waals surface area (Å²) in [6, 6.07) is 9.57. The van der Waals surface area contributed by atoms with Gasteiger partial charge < -0.3 is 4.74 Å². The second-order valence-electron chi connectivity index (χ2n) is 5.55. The van der Waals surface area contributed by atoms with E-state index in [9.17, 15) is 18.0 Å². The number of Topliss-reactive ketones (excluding diaryl/α,β-unsaturated/α-hetero) is 1. The molecule has 3 nitrogen and oxygen atoms in total. The van der Waals surface area contributed by atoms with Crippen molar-refractivity contribution in [2.24, 2.45) is 0 Å². The Morgan fingerprint density at radius 1 is 1.15 bits per heavy atom. The molecular formula is C20H11ClF3NO2. The van der Waals surface area contributed by atoms with Gasteiger partial charge in [0.2, 0.25) is 5.78 Å². The highest BCUT2D eigenvalue weighted by Crippen LogP contribution is 2.31. The molecule has 0 N–H and O–H groups in total. The minimum atomic E-state index is -4.52. The summed E-state index contributed by atoms with van der Waals surface area (Å²) >= 11 is 5.88. The van der Waals surface area contributed by atoms with Gasteiger partial charge in [0.1, 0.15) is 5.75 Å². The Bertz CT molecular complexity index is 1100. The molecule has 1 aromatic heterocycles. The Kier molecular flexibility index (Phi) is 5.06. The monoisotopic (exact) mass is 389 g/mol. The van der Waals surface area contributed by atoms with Crippen LogP contribution >= 0.6 is 11.6 Å². The van der Waals surface area contributed by atoms with Crippen molar-refractivity contribution in [2.75, 3.05) is 7.11 Å². The Labute approximate surface area is 157 Å². The van der Waals surface area contributed by atoms with E-state index in [1.54, 1.807) is 24.3 Å². The van der Waals surface area contributed by atoms with Gasteiger partial charge in [-0.1, -0.05) is 17.5 Å². The van der Waals surface area contributed by atoms with E-state index >= 15 is 0 Å². The molecule has 3 rings (SSSR count). The van der Waals surface area contributed by atoms with Gasteiger partial charge in [0, 0.05) is 28.8 Å². The average Bonchev–Trinajstić information content (AvgIpc) is 2.65. The van der Waals surface area contributed by atoms with E-state index in [2.05, 4.69) is 16.8 Å². The summed E-state index contributed by atoms with van der Waals surface area (Å²) in [6.45, 7) is 0. The fraction of sp³-hybridized carbons (Fsp3) is 0.100. The van der Waals surface area contributed by atoms with Crippen LogP contribution in [0.15, 0.2) is 48.7 Å². The van der Waals surface area contributed by atoms with Crippen LogP contribution in [0.5, 0.6) is 5.75 Å². The molecule has 136 valence electrons. The summed E-state index contributed by atoms with van der Waals surface area (Å²) in [4.78, 5) is 16.5. The van der Waals surface area contributed by atoms with Gasteiger partial charge in [-0.2, -0.15) is 13.2 Å². The standard InChI is InChI=1S/C20H11ClF3NO2/c1-27-16-5-2-13-8-14(11-25-18(13)10-16)19(26)7-3-12-9-15(20(22,23)24)4-6-17(12)21/h2,4-6,8-11H,1H3. The summed E-state index contributed by atoms with van der Waals surface area (Å²) < 4.78 is 43.5. The SMILES string of the molecule is COc1ccc2cc(C(=O)C#Cc3cc(C(F)(F)F)ccc3Cl)cnc2c1. The summed E-state index contributed by atoms with van der Waals surface area (Å²) in [6.07, 6.45) is -3.17. The molecule has 1 heterocycles. The number of carbonyl (C=O) groups excluding carboxylic acids is 1. The number of methoxy groups -OCH3 is 1. The number of ether oxygens (including phenoxy) is 1. The van der Waals surface area contributed by atoms with Gasteiger partial charge in [-0.25, -0.2) is 0 Å². The normalized spacial score (nSPS) is 11.0. The third kappa shape index (κ3) is 4.21. The number of halogens is 4. The fourth-order valence-corrected chi connectivity index (χ4v) is 2.51. The van der Waals surface area contributed by atoms with Gasteiger partial charge in [-0.05, 0) is 42.3 Å². The van der Waals surface area contributed by atoms with Gasteiger partial charge in [-0.15, -0.1) is 0 Å². The van der Waals surface area contributed by atoms with Crippen LogP contribution in [0.25, 0.3) is 10.9 Å². The second kappa shape index (κ2) is 7.29. The molecule has 0 aliphatic rings. The third-order valence-corrected chi connectivity index (χ3v) is 4.09. The maximum atomic E-state index is 12.8. The topological polar surface area (TPSA) is 39.2 Å². The molecule has 0 aliphatic heterocycles. The van der Waals surface area contributed by atoms with Crippen molar-refractivity contribution in [3.05, 3.63) is 70.4 Å². The number of ketones is 1. The van der Waals surface area contributed by atoms with Crippen molar-refractivity contribution in [1.29, 1.82) is 0 Å². The van der Waals surface area contributed by atoms with E-state index in [1.807, 2.05) is 0 Å². The zero-order valence-electron chi connectivity index (χ0n) is 13.9. The lowest BCUT2D eigenvalue weighted by Crippen LogP contribution is -2.05. The molecule has 3 aromatic rings. The lowest BCUT2D eigenvalue weighted by Gasteiger charge is -2.07. The molecule has 0 aliphatic carbocycles. The highest BCUT2D eigenvalue weighted by molar-refractivity contribution is 6.31. The van der Waals surface area contributed by atoms with Crippen molar-refractivity contribution in [1.82, 2.24) is 4.98 Å². The van der Waals surface area contributed by atoms with Gasteiger partial charge in [0.25, 0.3) is 0 Å². The molecular weight excluding hydrogens is 379 g/mol. The first kappa shape index (κ1) is 18.7. The smallest absolute Gasteiger partial charge is 0.416 e. The lowest BCUT2D eigenvalue weighted by atomic mass is 10.1. The molecule has 0 unspecified atom stereocenters. The van der Waals surface area contributed by atoms with Crippen LogP contribution < -0.4 is 4.74 Å². The van der Waals surface area contributed by atoms with Crippen LogP contribution in [0.4, 0.5) is 13.2 Å². The molecule has 0 fully saturated rings. The zero-order chi connectivity index (χ0) is 19.6. The lowest BCUT2D eigenvalue weighted by molar-refractivity contribution is -0.137. The van der Waals surface area contributed by atoms with Crippen molar-refractivity contribution < 1.29 is 22.7 Å². The average molecular weight is 390 g/mol. The van der Waals surface area contributed by atoms with Crippen LogP contribution in [0.3, 0.4) is 0 Å². The minimum absolute atomic E-state index is 0.0343. The predicted molar refractivity (Wildman–Crippen MR) is 96.0 cm³/mol. The van der Waals surface area contributed by atoms with Crippen LogP contribution in [0.1, 0.15) is 21.5 Å². The van der Waals surface area contributed by atoms with Gasteiger partial charge in [0.05, 0.1) is 23.2 Å². The Morgan fingerprint density at radius 3 is 2.63 bits per heavy atom. The van der Waals surface area contributed by atoms with Crippen molar-refractivity contribution in [3.8, 4) is 17.6 Å². The first-order valence-electron chi connectivity index (χ1n) is 7.65. The van der Waals surface area contributed by atoms with Crippen molar-refractivity contribution in [2.45, 2.75) is 6.18 Å². The van der Waals surface area contributed by atoms with Crippen molar-refractivity contribution >= 4 is 28.3 Å². The quantitative estimate of drug-likeness (QED) is 0.449. The number of alkyl halides is 3. The van der Waals surface area contributed by atoms with E-state index in [0.29, 0.717) is 16.7 Å². The maximum Gasteiger partial charge on any atom is 0.416 e. The van der Waals surface area contributed by atoms with E-state index < -0.39 is 17.5 Å². The van der Waals surface area contributed by atoms with Crippen LogP contribution in [-0.4, -0.2) is 17.9 Å². The molecule has 0 bridgehead atoms. The van der Waals surface area contributed by atoms with Gasteiger partial charge in [0.15, 0.2) is 0 Å². The van der Waals surface area contributed by atoms with Gasteiger partial charge >= 0.3 is 6.18 Å². The first-order chi connectivity index (χ1) is 12.8.